The Morgan fingerprint density at radius 1 is 1.41 bits per heavy atom. The molecule has 1 aromatic rings. The summed E-state index contributed by atoms with van der Waals surface area (Å²) in [4.78, 5) is 11.8. The van der Waals surface area contributed by atoms with Crippen molar-refractivity contribution in [2.45, 2.75) is 25.5 Å². The molecule has 0 spiro atoms. The van der Waals surface area contributed by atoms with Crippen LogP contribution in [0, 0.1) is 0 Å². The zero-order chi connectivity index (χ0) is 12.7. The zero-order valence-corrected chi connectivity index (χ0v) is 11.2. The molecule has 0 aromatic heterocycles. The van der Waals surface area contributed by atoms with Crippen molar-refractivity contribution in [2.75, 3.05) is 17.6 Å². The summed E-state index contributed by atoms with van der Waals surface area (Å²) >= 11 is 1.57. The van der Waals surface area contributed by atoms with Crippen molar-refractivity contribution in [3.8, 4) is 0 Å². The average molecular weight is 252 g/mol. The van der Waals surface area contributed by atoms with Gasteiger partial charge in [-0.25, -0.2) is 0 Å². The standard InChI is InChI=1S/C13H20N2OS/c1-3-11-4-6-12(7-5-11)15-13(16)10(2)17-9-8-14/h4-7,10H,3,8-9,14H2,1-2H3,(H,15,16). The fraction of sp³-hybridized carbons (Fsp3) is 0.462. The number of aryl methyl sites for hydroxylation is 1. The van der Waals surface area contributed by atoms with Crippen LogP contribution in [0.3, 0.4) is 0 Å². The van der Waals surface area contributed by atoms with E-state index in [4.69, 9.17) is 5.73 Å². The summed E-state index contributed by atoms with van der Waals surface area (Å²) in [6.45, 7) is 4.61. The van der Waals surface area contributed by atoms with Crippen LogP contribution in [0.5, 0.6) is 0 Å². The maximum absolute atomic E-state index is 11.8. The van der Waals surface area contributed by atoms with Crippen LogP contribution >= 0.6 is 11.8 Å². The smallest absolute Gasteiger partial charge is 0.237 e. The van der Waals surface area contributed by atoms with Crippen LogP contribution in [-0.2, 0) is 11.2 Å². The Balaban J connectivity index is 2.49. The van der Waals surface area contributed by atoms with Gasteiger partial charge in [0.1, 0.15) is 0 Å². The number of nitrogens with one attached hydrogen (secondary N) is 1. The predicted octanol–water partition coefficient (Wildman–Crippen LogP) is 2.27. The Morgan fingerprint density at radius 2 is 2.06 bits per heavy atom. The van der Waals surface area contributed by atoms with Crippen LogP contribution in [0.15, 0.2) is 24.3 Å². The molecule has 1 rings (SSSR count). The van der Waals surface area contributed by atoms with Crippen molar-refractivity contribution >= 4 is 23.4 Å². The minimum Gasteiger partial charge on any atom is -0.330 e. The lowest BCUT2D eigenvalue weighted by Crippen LogP contribution is -2.23. The van der Waals surface area contributed by atoms with E-state index in [-0.39, 0.29) is 11.2 Å². The third-order valence-electron chi connectivity index (χ3n) is 2.48. The van der Waals surface area contributed by atoms with E-state index < -0.39 is 0 Å². The predicted molar refractivity (Wildman–Crippen MR) is 75.4 cm³/mol. The summed E-state index contributed by atoms with van der Waals surface area (Å²) in [5.41, 5.74) is 7.53. The number of anilines is 1. The van der Waals surface area contributed by atoms with E-state index in [2.05, 4.69) is 12.2 Å². The summed E-state index contributed by atoms with van der Waals surface area (Å²) < 4.78 is 0. The Labute approximate surface area is 107 Å². The second-order valence-electron chi connectivity index (χ2n) is 3.84. The number of nitrogens with two attached hydrogens (primary N) is 1. The topological polar surface area (TPSA) is 55.1 Å². The van der Waals surface area contributed by atoms with Crippen molar-refractivity contribution in [1.82, 2.24) is 0 Å². The number of amides is 1. The molecule has 0 aliphatic carbocycles. The number of thioether (sulfide) groups is 1. The van der Waals surface area contributed by atoms with E-state index in [1.54, 1.807) is 11.8 Å². The van der Waals surface area contributed by atoms with Crippen molar-refractivity contribution < 1.29 is 4.79 Å². The number of hydrogen-bond donors (Lipinski definition) is 2. The second-order valence-corrected chi connectivity index (χ2v) is 5.29. The summed E-state index contributed by atoms with van der Waals surface area (Å²) in [5, 5.41) is 2.84. The molecule has 1 amide bonds. The summed E-state index contributed by atoms with van der Waals surface area (Å²) in [5.74, 6) is 0.844. The van der Waals surface area contributed by atoms with Gasteiger partial charge in [-0.15, -0.1) is 11.8 Å². The molecule has 17 heavy (non-hydrogen) atoms. The third-order valence-corrected chi connectivity index (χ3v) is 3.67. The Morgan fingerprint density at radius 3 is 2.59 bits per heavy atom. The number of rotatable bonds is 6. The first-order chi connectivity index (χ1) is 8.17. The Bertz CT molecular complexity index is 351. The highest BCUT2D eigenvalue weighted by Gasteiger charge is 2.12. The van der Waals surface area contributed by atoms with Gasteiger partial charge in [0.05, 0.1) is 5.25 Å². The van der Waals surface area contributed by atoms with Gasteiger partial charge < -0.3 is 11.1 Å². The number of carbonyl (C=O) groups is 1. The monoisotopic (exact) mass is 252 g/mol. The van der Waals surface area contributed by atoms with Crippen molar-refractivity contribution in [3.05, 3.63) is 29.8 Å². The highest BCUT2D eigenvalue weighted by molar-refractivity contribution is 8.00. The quantitative estimate of drug-likeness (QED) is 0.816. The molecule has 3 nitrogen and oxygen atoms in total. The van der Waals surface area contributed by atoms with Gasteiger partial charge in [-0.05, 0) is 31.0 Å². The molecule has 94 valence electrons. The first kappa shape index (κ1) is 14.1. The number of carbonyl (C=O) groups excluding carboxylic acids is 1. The fourth-order valence-corrected chi connectivity index (χ4v) is 2.09. The van der Waals surface area contributed by atoms with E-state index in [0.717, 1.165) is 17.9 Å². The van der Waals surface area contributed by atoms with E-state index in [0.29, 0.717) is 6.54 Å². The molecule has 1 unspecified atom stereocenters. The Kier molecular flexibility index (Phi) is 6.08. The zero-order valence-electron chi connectivity index (χ0n) is 10.4. The van der Waals surface area contributed by atoms with E-state index in [1.807, 2.05) is 31.2 Å². The van der Waals surface area contributed by atoms with Gasteiger partial charge in [-0.2, -0.15) is 0 Å². The molecular formula is C13H20N2OS. The molecule has 0 aliphatic rings. The van der Waals surface area contributed by atoms with E-state index >= 15 is 0 Å². The second kappa shape index (κ2) is 7.35. The van der Waals surface area contributed by atoms with Crippen LogP contribution < -0.4 is 11.1 Å². The molecule has 1 aromatic carbocycles. The molecule has 0 fully saturated rings. The minimum atomic E-state index is -0.0654. The van der Waals surface area contributed by atoms with E-state index in [1.165, 1.54) is 5.56 Å². The highest BCUT2D eigenvalue weighted by Crippen LogP contribution is 2.14. The molecule has 0 bridgehead atoms. The minimum absolute atomic E-state index is 0.0349. The average Bonchev–Trinajstić information content (AvgIpc) is 2.36. The fourth-order valence-electron chi connectivity index (χ4n) is 1.39. The van der Waals surface area contributed by atoms with Gasteiger partial charge in [0.15, 0.2) is 0 Å². The molecule has 3 N–H and O–H groups in total. The molecular weight excluding hydrogens is 232 g/mol. The lowest BCUT2D eigenvalue weighted by molar-refractivity contribution is -0.115. The van der Waals surface area contributed by atoms with Gasteiger partial charge in [0.25, 0.3) is 0 Å². The first-order valence-electron chi connectivity index (χ1n) is 5.88. The van der Waals surface area contributed by atoms with Crippen molar-refractivity contribution in [1.29, 1.82) is 0 Å². The third kappa shape index (κ3) is 4.79. The molecule has 0 radical (unpaired) electrons. The van der Waals surface area contributed by atoms with Crippen LogP contribution in [0.4, 0.5) is 5.69 Å². The number of hydrogen-bond acceptors (Lipinski definition) is 3. The summed E-state index contributed by atoms with van der Waals surface area (Å²) in [6.07, 6.45) is 1.01. The molecule has 0 saturated heterocycles. The molecule has 1 atom stereocenters. The summed E-state index contributed by atoms with van der Waals surface area (Å²) in [6, 6.07) is 7.95. The lowest BCUT2D eigenvalue weighted by Gasteiger charge is -2.11. The normalized spacial score (nSPS) is 12.2. The first-order valence-corrected chi connectivity index (χ1v) is 6.93. The SMILES string of the molecule is CCc1ccc(NC(=O)C(C)SCCN)cc1. The van der Waals surface area contributed by atoms with Crippen molar-refractivity contribution in [3.63, 3.8) is 0 Å². The van der Waals surface area contributed by atoms with Gasteiger partial charge in [0.2, 0.25) is 5.91 Å². The van der Waals surface area contributed by atoms with E-state index in [9.17, 15) is 4.79 Å². The maximum Gasteiger partial charge on any atom is 0.237 e. The van der Waals surface area contributed by atoms with Crippen LogP contribution in [-0.4, -0.2) is 23.5 Å². The highest BCUT2D eigenvalue weighted by atomic mass is 32.2. The summed E-state index contributed by atoms with van der Waals surface area (Å²) in [7, 11) is 0. The van der Waals surface area contributed by atoms with Crippen LogP contribution in [0.25, 0.3) is 0 Å². The maximum atomic E-state index is 11.8. The van der Waals surface area contributed by atoms with Crippen molar-refractivity contribution in [2.24, 2.45) is 5.73 Å². The van der Waals surface area contributed by atoms with Crippen LogP contribution in [0.1, 0.15) is 19.4 Å². The van der Waals surface area contributed by atoms with Gasteiger partial charge in [-0.1, -0.05) is 19.1 Å². The van der Waals surface area contributed by atoms with Gasteiger partial charge in [-0.3, -0.25) is 4.79 Å². The molecule has 0 aliphatic heterocycles. The largest absolute Gasteiger partial charge is 0.330 e. The Hall–Kier alpha value is -1.00. The molecule has 0 heterocycles. The molecule has 0 saturated carbocycles. The number of benzene rings is 1. The van der Waals surface area contributed by atoms with Gasteiger partial charge >= 0.3 is 0 Å². The van der Waals surface area contributed by atoms with Crippen LogP contribution in [0.2, 0.25) is 0 Å². The lowest BCUT2D eigenvalue weighted by atomic mass is 10.1. The van der Waals surface area contributed by atoms with Gasteiger partial charge in [0, 0.05) is 18.0 Å². The molecule has 4 heteroatoms.